The van der Waals surface area contributed by atoms with Gasteiger partial charge in [-0.1, -0.05) is 91.0 Å². The molecular weight excluding hydrogens is 438 g/mol. The van der Waals surface area contributed by atoms with E-state index in [4.69, 9.17) is 9.47 Å². The van der Waals surface area contributed by atoms with E-state index in [2.05, 4.69) is 41.3 Å². The molecule has 0 amide bonds. The van der Waals surface area contributed by atoms with E-state index in [-0.39, 0.29) is 24.8 Å². The molecule has 0 saturated heterocycles. The first-order valence-corrected chi connectivity index (χ1v) is 12.0. The SMILES string of the molecule is CCOC(=O)C(=C[C@H](Cc1ccccc1)N(Cc1ccccc1)Cc1ccccc1)C(=O)OCC. The van der Waals surface area contributed by atoms with Gasteiger partial charge < -0.3 is 9.47 Å². The van der Waals surface area contributed by atoms with Crippen LogP contribution in [-0.4, -0.2) is 36.1 Å². The van der Waals surface area contributed by atoms with Gasteiger partial charge >= 0.3 is 11.9 Å². The lowest BCUT2D eigenvalue weighted by Gasteiger charge is -2.31. The van der Waals surface area contributed by atoms with Gasteiger partial charge in [0.05, 0.1) is 13.2 Å². The van der Waals surface area contributed by atoms with E-state index in [1.165, 1.54) is 0 Å². The summed E-state index contributed by atoms with van der Waals surface area (Å²) in [5, 5.41) is 0. The van der Waals surface area contributed by atoms with Gasteiger partial charge in [-0.25, -0.2) is 9.59 Å². The number of nitrogens with zero attached hydrogens (tertiary/aromatic N) is 1. The van der Waals surface area contributed by atoms with E-state index in [9.17, 15) is 9.59 Å². The Bertz CT molecular complexity index is 1020. The van der Waals surface area contributed by atoms with Crippen molar-refractivity contribution in [1.82, 2.24) is 4.90 Å². The van der Waals surface area contributed by atoms with Crippen molar-refractivity contribution >= 4 is 11.9 Å². The van der Waals surface area contributed by atoms with E-state index in [1.54, 1.807) is 19.9 Å². The van der Waals surface area contributed by atoms with E-state index in [0.717, 1.165) is 16.7 Å². The molecule has 0 saturated carbocycles. The van der Waals surface area contributed by atoms with Crippen molar-refractivity contribution in [3.63, 3.8) is 0 Å². The molecule has 35 heavy (non-hydrogen) atoms. The second kappa shape index (κ2) is 13.9. The molecule has 3 rings (SSSR count). The lowest BCUT2D eigenvalue weighted by molar-refractivity contribution is -0.146. The Morgan fingerprint density at radius 3 is 1.49 bits per heavy atom. The summed E-state index contributed by atoms with van der Waals surface area (Å²) in [6, 6.07) is 30.2. The molecular formula is C30H33NO4. The lowest BCUT2D eigenvalue weighted by atomic mass is 10.00. The molecule has 5 nitrogen and oxygen atoms in total. The molecule has 0 aliphatic carbocycles. The summed E-state index contributed by atoms with van der Waals surface area (Å²) in [5.41, 5.74) is 3.32. The first-order chi connectivity index (χ1) is 17.1. The summed E-state index contributed by atoms with van der Waals surface area (Å²) in [6.45, 7) is 5.08. The molecule has 0 radical (unpaired) electrons. The third-order valence-corrected chi connectivity index (χ3v) is 5.56. The number of carbonyl (C=O) groups is 2. The summed E-state index contributed by atoms with van der Waals surface area (Å²) in [5.74, 6) is -1.33. The van der Waals surface area contributed by atoms with Crippen molar-refractivity contribution in [2.45, 2.75) is 39.4 Å². The molecule has 182 valence electrons. The van der Waals surface area contributed by atoms with E-state index < -0.39 is 11.9 Å². The zero-order chi connectivity index (χ0) is 24.9. The van der Waals surface area contributed by atoms with Gasteiger partial charge in [-0.2, -0.15) is 0 Å². The predicted octanol–water partition coefficient (Wildman–Crippen LogP) is 5.35. The van der Waals surface area contributed by atoms with Gasteiger partial charge in [0, 0.05) is 19.1 Å². The summed E-state index contributed by atoms with van der Waals surface area (Å²) in [4.78, 5) is 27.8. The van der Waals surface area contributed by atoms with Crippen LogP contribution in [0.5, 0.6) is 0 Å². The lowest BCUT2D eigenvalue weighted by Crippen LogP contribution is -2.36. The molecule has 0 bridgehead atoms. The van der Waals surface area contributed by atoms with Crippen LogP contribution in [0.1, 0.15) is 30.5 Å². The van der Waals surface area contributed by atoms with Crippen LogP contribution in [0.15, 0.2) is 103 Å². The molecule has 3 aromatic rings. The number of benzene rings is 3. The molecule has 3 aromatic carbocycles. The molecule has 0 spiro atoms. The monoisotopic (exact) mass is 471 g/mol. The van der Waals surface area contributed by atoms with Gasteiger partial charge in [0.25, 0.3) is 0 Å². The highest BCUT2D eigenvalue weighted by molar-refractivity contribution is 6.14. The average molecular weight is 472 g/mol. The number of esters is 2. The predicted molar refractivity (Wildman–Crippen MR) is 137 cm³/mol. The zero-order valence-corrected chi connectivity index (χ0v) is 20.4. The fraction of sp³-hybridized carbons (Fsp3) is 0.267. The van der Waals surface area contributed by atoms with Crippen molar-refractivity contribution in [3.05, 3.63) is 119 Å². The Labute approximate surface area is 208 Å². The molecule has 0 aliphatic rings. The number of hydrogen-bond donors (Lipinski definition) is 0. The largest absolute Gasteiger partial charge is 0.462 e. The third-order valence-electron chi connectivity index (χ3n) is 5.56. The fourth-order valence-electron chi connectivity index (χ4n) is 3.90. The smallest absolute Gasteiger partial charge is 0.345 e. The minimum Gasteiger partial charge on any atom is -0.462 e. The average Bonchev–Trinajstić information content (AvgIpc) is 2.88. The first-order valence-electron chi connectivity index (χ1n) is 12.0. The highest BCUT2D eigenvalue weighted by Crippen LogP contribution is 2.20. The van der Waals surface area contributed by atoms with Crippen molar-refractivity contribution < 1.29 is 19.1 Å². The maximum Gasteiger partial charge on any atom is 0.345 e. The van der Waals surface area contributed by atoms with E-state index >= 15 is 0 Å². The van der Waals surface area contributed by atoms with Gasteiger partial charge in [-0.3, -0.25) is 4.90 Å². The van der Waals surface area contributed by atoms with Crippen molar-refractivity contribution in [1.29, 1.82) is 0 Å². The van der Waals surface area contributed by atoms with E-state index in [0.29, 0.717) is 19.5 Å². The Balaban J connectivity index is 2.06. The maximum absolute atomic E-state index is 12.8. The van der Waals surface area contributed by atoms with Gasteiger partial charge in [0.2, 0.25) is 0 Å². The molecule has 0 fully saturated rings. The Morgan fingerprint density at radius 1 is 0.686 bits per heavy atom. The highest BCUT2D eigenvalue weighted by atomic mass is 16.6. The molecule has 0 aliphatic heterocycles. The summed E-state index contributed by atoms with van der Waals surface area (Å²) in [7, 11) is 0. The maximum atomic E-state index is 12.8. The number of rotatable bonds is 12. The highest BCUT2D eigenvalue weighted by Gasteiger charge is 2.26. The quantitative estimate of drug-likeness (QED) is 0.154. The summed E-state index contributed by atoms with van der Waals surface area (Å²) >= 11 is 0. The number of ether oxygens (including phenoxy) is 2. The normalized spacial score (nSPS) is 11.5. The Kier molecular flexibility index (Phi) is 10.3. The van der Waals surface area contributed by atoms with Crippen molar-refractivity contribution in [2.24, 2.45) is 0 Å². The molecule has 1 atom stereocenters. The van der Waals surface area contributed by atoms with Crippen LogP contribution in [0.25, 0.3) is 0 Å². The fourth-order valence-corrected chi connectivity index (χ4v) is 3.90. The Hall–Kier alpha value is -3.70. The standard InChI is InChI=1S/C30H33NO4/c1-3-34-29(32)28(30(33)35-4-2)21-27(20-24-14-8-5-9-15-24)31(22-25-16-10-6-11-17-25)23-26-18-12-7-13-19-26/h5-19,21,27H,3-4,20,22-23H2,1-2H3/t27-/m0/s1. The van der Waals surface area contributed by atoms with Crippen molar-refractivity contribution in [3.8, 4) is 0 Å². The number of carbonyl (C=O) groups excluding carboxylic acids is 2. The molecule has 5 heteroatoms. The summed E-state index contributed by atoms with van der Waals surface area (Å²) in [6.07, 6.45) is 2.33. The minimum atomic E-state index is -0.664. The van der Waals surface area contributed by atoms with Crippen LogP contribution >= 0.6 is 0 Å². The third kappa shape index (κ3) is 8.23. The van der Waals surface area contributed by atoms with Gasteiger partial charge in [0.1, 0.15) is 5.57 Å². The van der Waals surface area contributed by atoms with Crippen LogP contribution in [0, 0.1) is 0 Å². The van der Waals surface area contributed by atoms with E-state index in [1.807, 2.05) is 54.6 Å². The van der Waals surface area contributed by atoms with Crippen LogP contribution in [0.3, 0.4) is 0 Å². The van der Waals surface area contributed by atoms with Gasteiger partial charge in [-0.15, -0.1) is 0 Å². The van der Waals surface area contributed by atoms with Gasteiger partial charge in [-0.05, 0) is 43.0 Å². The summed E-state index contributed by atoms with van der Waals surface area (Å²) < 4.78 is 10.4. The van der Waals surface area contributed by atoms with Crippen LogP contribution in [-0.2, 0) is 38.6 Å². The molecule has 0 aromatic heterocycles. The van der Waals surface area contributed by atoms with Gasteiger partial charge in [0.15, 0.2) is 0 Å². The van der Waals surface area contributed by atoms with Crippen molar-refractivity contribution in [2.75, 3.05) is 13.2 Å². The molecule has 0 N–H and O–H groups in total. The Morgan fingerprint density at radius 2 is 1.09 bits per heavy atom. The second-order valence-corrected chi connectivity index (χ2v) is 8.15. The first kappa shape index (κ1) is 25.9. The minimum absolute atomic E-state index is 0.0687. The molecule has 0 heterocycles. The number of hydrogen-bond acceptors (Lipinski definition) is 5. The second-order valence-electron chi connectivity index (χ2n) is 8.15. The van der Waals surface area contributed by atoms with Crippen LogP contribution in [0.2, 0.25) is 0 Å². The van der Waals surface area contributed by atoms with Crippen LogP contribution < -0.4 is 0 Å². The topological polar surface area (TPSA) is 55.8 Å². The zero-order valence-electron chi connectivity index (χ0n) is 20.4. The molecule has 0 unspecified atom stereocenters. The van der Waals surface area contributed by atoms with Crippen LogP contribution in [0.4, 0.5) is 0 Å².